The molecule has 1 heterocycles. The third-order valence-corrected chi connectivity index (χ3v) is 5.35. The summed E-state index contributed by atoms with van der Waals surface area (Å²) in [5.74, 6) is 0.955. The fourth-order valence-electron chi connectivity index (χ4n) is 2.64. The Labute approximate surface area is 168 Å². The van der Waals surface area contributed by atoms with Crippen molar-refractivity contribution in [2.75, 3.05) is 11.1 Å². The van der Waals surface area contributed by atoms with Crippen LogP contribution >= 0.6 is 23.4 Å². The molecule has 0 bridgehead atoms. The highest BCUT2D eigenvalue weighted by Gasteiger charge is 2.15. The molecule has 27 heavy (non-hydrogen) atoms. The molecular weight excluding hydrogens is 380 g/mol. The number of hydrogen-bond acceptors (Lipinski definition) is 4. The lowest BCUT2D eigenvalue weighted by Gasteiger charge is -2.09. The summed E-state index contributed by atoms with van der Waals surface area (Å²) >= 11 is 7.38. The van der Waals surface area contributed by atoms with Crippen molar-refractivity contribution in [3.63, 3.8) is 0 Å². The van der Waals surface area contributed by atoms with Crippen molar-refractivity contribution in [3.8, 4) is 11.4 Å². The van der Waals surface area contributed by atoms with E-state index in [1.165, 1.54) is 17.3 Å². The van der Waals surface area contributed by atoms with Crippen LogP contribution in [0.3, 0.4) is 0 Å². The highest BCUT2D eigenvalue weighted by Crippen LogP contribution is 2.25. The SMILES string of the molecule is CCn1c(SCC(=O)Nc2cc(Cl)ccc2C)nnc1-c1ccc(C)cc1. The minimum absolute atomic E-state index is 0.104. The Bertz CT molecular complexity index is 953. The van der Waals surface area contributed by atoms with Crippen LogP contribution in [0.2, 0.25) is 5.02 Å². The van der Waals surface area contributed by atoms with Gasteiger partial charge in [0, 0.05) is 22.8 Å². The number of carbonyl (C=O) groups excluding carboxylic acids is 1. The van der Waals surface area contributed by atoms with Gasteiger partial charge in [-0.15, -0.1) is 10.2 Å². The van der Waals surface area contributed by atoms with E-state index in [1.54, 1.807) is 12.1 Å². The van der Waals surface area contributed by atoms with Crippen LogP contribution in [0, 0.1) is 13.8 Å². The van der Waals surface area contributed by atoms with Crippen LogP contribution in [0.15, 0.2) is 47.6 Å². The van der Waals surface area contributed by atoms with Crippen molar-refractivity contribution in [2.45, 2.75) is 32.5 Å². The number of halogens is 1. The van der Waals surface area contributed by atoms with Gasteiger partial charge in [0.1, 0.15) is 0 Å². The van der Waals surface area contributed by atoms with Crippen LogP contribution in [0.4, 0.5) is 5.69 Å². The lowest BCUT2D eigenvalue weighted by atomic mass is 10.1. The fourth-order valence-corrected chi connectivity index (χ4v) is 3.62. The summed E-state index contributed by atoms with van der Waals surface area (Å²) in [6, 6.07) is 13.6. The standard InChI is InChI=1S/C20H21ClN4OS/c1-4-25-19(15-8-5-13(2)6-9-15)23-24-20(25)27-12-18(26)22-17-11-16(21)10-7-14(17)3/h5-11H,4,12H2,1-3H3,(H,22,26). The first-order chi connectivity index (χ1) is 13.0. The Morgan fingerprint density at radius 1 is 1.15 bits per heavy atom. The second kappa shape index (κ2) is 8.59. The predicted molar refractivity (Wildman–Crippen MR) is 111 cm³/mol. The molecule has 5 nitrogen and oxygen atoms in total. The first-order valence-corrected chi connectivity index (χ1v) is 10.0. The van der Waals surface area contributed by atoms with Crippen LogP contribution in [-0.2, 0) is 11.3 Å². The van der Waals surface area contributed by atoms with Gasteiger partial charge in [0.2, 0.25) is 5.91 Å². The maximum absolute atomic E-state index is 12.3. The van der Waals surface area contributed by atoms with E-state index < -0.39 is 0 Å². The number of aryl methyl sites for hydroxylation is 2. The molecule has 0 radical (unpaired) electrons. The molecule has 1 N–H and O–H groups in total. The van der Waals surface area contributed by atoms with Gasteiger partial charge < -0.3 is 9.88 Å². The predicted octanol–water partition coefficient (Wildman–Crippen LogP) is 4.97. The summed E-state index contributed by atoms with van der Waals surface area (Å²) in [6.07, 6.45) is 0. The number of anilines is 1. The van der Waals surface area contributed by atoms with Crippen LogP contribution < -0.4 is 5.32 Å². The minimum Gasteiger partial charge on any atom is -0.325 e. The first kappa shape index (κ1) is 19.5. The number of nitrogens with one attached hydrogen (secondary N) is 1. The molecule has 1 amide bonds. The van der Waals surface area contributed by atoms with Gasteiger partial charge in [-0.05, 0) is 38.5 Å². The Hall–Kier alpha value is -2.31. The lowest BCUT2D eigenvalue weighted by molar-refractivity contribution is -0.113. The van der Waals surface area contributed by atoms with Crippen molar-refractivity contribution in [1.29, 1.82) is 0 Å². The molecule has 1 aromatic heterocycles. The van der Waals surface area contributed by atoms with Crippen LogP contribution in [0.25, 0.3) is 11.4 Å². The number of amides is 1. The average Bonchev–Trinajstić information content (AvgIpc) is 3.06. The Morgan fingerprint density at radius 3 is 2.59 bits per heavy atom. The molecule has 3 aromatic rings. The molecule has 0 spiro atoms. The second-order valence-electron chi connectivity index (χ2n) is 6.21. The maximum atomic E-state index is 12.3. The van der Waals surface area contributed by atoms with Crippen molar-refractivity contribution in [2.24, 2.45) is 0 Å². The fraction of sp³-hybridized carbons (Fsp3) is 0.250. The summed E-state index contributed by atoms with van der Waals surface area (Å²) in [4.78, 5) is 12.3. The van der Waals surface area contributed by atoms with Gasteiger partial charge in [0.05, 0.1) is 5.75 Å². The first-order valence-electron chi connectivity index (χ1n) is 8.67. The number of nitrogens with zero attached hydrogens (tertiary/aromatic N) is 3. The molecule has 0 aliphatic heterocycles. The molecule has 3 rings (SSSR count). The quantitative estimate of drug-likeness (QED) is 0.593. The van der Waals surface area contributed by atoms with E-state index in [2.05, 4.69) is 34.6 Å². The molecule has 0 saturated heterocycles. The van der Waals surface area contributed by atoms with Crippen LogP contribution in [-0.4, -0.2) is 26.4 Å². The van der Waals surface area contributed by atoms with Crippen LogP contribution in [0.1, 0.15) is 18.1 Å². The summed E-state index contributed by atoms with van der Waals surface area (Å²) in [6.45, 7) is 6.75. The van der Waals surface area contributed by atoms with Crippen molar-refractivity contribution in [1.82, 2.24) is 14.8 Å². The van der Waals surface area contributed by atoms with E-state index in [9.17, 15) is 4.79 Å². The number of rotatable bonds is 6. The van der Waals surface area contributed by atoms with Crippen LogP contribution in [0.5, 0.6) is 0 Å². The van der Waals surface area contributed by atoms with E-state index in [1.807, 2.05) is 36.6 Å². The van der Waals surface area contributed by atoms with Gasteiger partial charge in [-0.3, -0.25) is 4.79 Å². The molecule has 0 aliphatic carbocycles. The van der Waals surface area contributed by atoms with Crippen molar-refractivity contribution >= 4 is 35.0 Å². The Morgan fingerprint density at radius 2 is 1.89 bits per heavy atom. The Balaban J connectivity index is 1.70. The van der Waals surface area contributed by atoms with E-state index in [-0.39, 0.29) is 11.7 Å². The van der Waals surface area contributed by atoms with Gasteiger partial charge >= 0.3 is 0 Å². The van der Waals surface area contributed by atoms with Gasteiger partial charge in [-0.2, -0.15) is 0 Å². The van der Waals surface area contributed by atoms with E-state index in [4.69, 9.17) is 11.6 Å². The summed E-state index contributed by atoms with van der Waals surface area (Å²) in [5, 5.41) is 12.8. The smallest absolute Gasteiger partial charge is 0.234 e. The number of thioether (sulfide) groups is 1. The Kier molecular flexibility index (Phi) is 6.19. The van der Waals surface area contributed by atoms with Gasteiger partial charge in [-0.1, -0.05) is 59.3 Å². The molecule has 2 aromatic carbocycles. The molecular formula is C20H21ClN4OS. The third-order valence-electron chi connectivity index (χ3n) is 4.15. The van der Waals surface area contributed by atoms with E-state index >= 15 is 0 Å². The summed E-state index contributed by atoms with van der Waals surface area (Å²) < 4.78 is 2.02. The topological polar surface area (TPSA) is 59.8 Å². The monoisotopic (exact) mass is 400 g/mol. The largest absolute Gasteiger partial charge is 0.325 e. The summed E-state index contributed by atoms with van der Waals surface area (Å²) in [7, 11) is 0. The number of carbonyl (C=O) groups is 1. The molecule has 0 fully saturated rings. The lowest BCUT2D eigenvalue weighted by Crippen LogP contribution is -2.15. The zero-order valence-corrected chi connectivity index (χ0v) is 17.1. The molecule has 7 heteroatoms. The minimum atomic E-state index is -0.104. The number of aromatic nitrogens is 3. The highest BCUT2D eigenvalue weighted by molar-refractivity contribution is 7.99. The number of benzene rings is 2. The van der Waals surface area contributed by atoms with E-state index in [0.29, 0.717) is 5.02 Å². The normalized spacial score (nSPS) is 10.8. The maximum Gasteiger partial charge on any atom is 0.234 e. The third kappa shape index (κ3) is 4.70. The molecule has 0 unspecified atom stereocenters. The van der Waals surface area contributed by atoms with Crippen molar-refractivity contribution in [3.05, 3.63) is 58.6 Å². The molecule has 140 valence electrons. The molecule has 0 aliphatic rings. The van der Waals surface area contributed by atoms with Gasteiger partial charge in [0.25, 0.3) is 0 Å². The zero-order chi connectivity index (χ0) is 19.4. The average molecular weight is 401 g/mol. The van der Waals surface area contributed by atoms with Gasteiger partial charge in [-0.25, -0.2) is 0 Å². The highest BCUT2D eigenvalue weighted by atomic mass is 35.5. The molecule has 0 atom stereocenters. The number of hydrogen-bond donors (Lipinski definition) is 1. The molecule has 0 saturated carbocycles. The summed E-state index contributed by atoms with van der Waals surface area (Å²) in [5.41, 5.74) is 3.91. The van der Waals surface area contributed by atoms with Gasteiger partial charge in [0.15, 0.2) is 11.0 Å². The van der Waals surface area contributed by atoms with Crippen molar-refractivity contribution < 1.29 is 4.79 Å². The second-order valence-corrected chi connectivity index (χ2v) is 7.59. The van der Waals surface area contributed by atoms with E-state index in [0.717, 1.165) is 34.3 Å². The zero-order valence-electron chi connectivity index (χ0n) is 15.5.